The first-order valence-corrected chi connectivity index (χ1v) is 6.09. The Kier molecular flexibility index (Phi) is 4.39. The molecule has 0 spiro atoms. The van der Waals surface area contributed by atoms with Crippen molar-refractivity contribution in [1.29, 1.82) is 0 Å². The van der Waals surface area contributed by atoms with E-state index >= 15 is 0 Å². The molecule has 2 aromatic carbocycles. The molecule has 0 bridgehead atoms. The van der Waals surface area contributed by atoms with Crippen LogP contribution in [0.25, 0.3) is 11.1 Å². The molecule has 0 saturated carbocycles. The molecule has 4 nitrogen and oxygen atoms in total. The third-order valence-electron chi connectivity index (χ3n) is 2.66. The highest BCUT2D eigenvalue weighted by molar-refractivity contribution is 5.70. The molecule has 102 valence electrons. The highest BCUT2D eigenvalue weighted by Crippen LogP contribution is 2.29. The zero-order valence-corrected chi connectivity index (χ0v) is 10.7. The van der Waals surface area contributed by atoms with Crippen LogP contribution in [0.5, 0.6) is 11.5 Å². The predicted octanol–water partition coefficient (Wildman–Crippen LogP) is 3.43. The summed E-state index contributed by atoms with van der Waals surface area (Å²) in [6, 6.07) is 14.3. The number of phenolic OH excluding ortho intramolecular Hbond substituents is 1. The highest BCUT2D eigenvalue weighted by atomic mass is 16.5. The number of carboxylic acids is 1. The van der Waals surface area contributed by atoms with Gasteiger partial charge in [-0.05, 0) is 29.8 Å². The molecule has 0 fully saturated rings. The number of hydrogen-bond acceptors (Lipinski definition) is 3. The molecule has 0 aliphatic carbocycles. The van der Waals surface area contributed by atoms with Gasteiger partial charge < -0.3 is 14.9 Å². The standard InChI is InChI=1S/C16H14O4/c17-15-5-2-1-4-14(15)12-7-9-13(10-8-12)20-11-3-6-16(18)19/h1-5,7-11,17H,6H2,(H,18,19)/b11-3+. The fourth-order valence-corrected chi connectivity index (χ4v) is 1.71. The number of carboxylic acid groups (broad SMARTS) is 1. The summed E-state index contributed by atoms with van der Waals surface area (Å²) in [5.74, 6) is -0.0758. The molecule has 2 rings (SSSR count). The molecule has 0 atom stereocenters. The van der Waals surface area contributed by atoms with E-state index in [0.717, 1.165) is 11.1 Å². The van der Waals surface area contributed by atoms with Crippen molar-refractivity contribution in [2.45, 2.75) is 6.42 Å². The number of hydrogen-bond donors (Lipinski definition) is 2. The molecule has 0 aliphatic heterocycles. The SMILES string of the molecule is O=C(O)C/C=C/Oc1ccc(-c2ccccc2O)cc1. The molecular weight excluding hydrogens is 256 g/mol. The van der Waals surface area contributed by atoms with E-state index in [0.29, 0.717) is 5.75 Å². The van der Waals surface area contributed by atoms with Gasteiger partial charge in [0.05, 0.1) is 12.7 Å². The Balaban J connectivity index is 2.05. The fraction of sp³-hybridized carbons (Fsp3) is 0.0625. The lowest BCUT2D eigenvalue weighted by atomic mass is 10.0. The number of carbonyl (C=O) groups is 1. The average molecular weight is 270 g/mol. The summed E-state index contributed by atoms with van der Waals surface area (Å²) in [4.78, 5) is 10.3. The zero-order chi connectivity index (χ0) is 14.4. The van der Waals surface area contributed by atoms with Crippen molar-refractivity contribution in [3.8, 4) is 22.6 Å². The molecule has 4 heteroatoms. The van der Waals surface area contributed by atoms with E-state index in [9.17, 15) is 9.90 Å². The number of phenols is 1. The van der Waals surface area contributed by atoms with E-state index in [2.05, 4.69) is 0 Å². The van der Waals surface area contributed by atoms with Crippen LogP contribution in [-0.4, -0.2) is 16.2 Å². The van der Waals surface area contributed by atoms with E-state index in [4.69, 9.17) is 9.84 Å². The van der Waals surface area contributed by atoms with Crippen LogP contribution >= 0.6 is 0 Å². The second-order valence-electron chi connectivity index (χ2n) is 4.13. The lowest BCUT2D eigenvalue weighted by Crippen LogP contribution is -1.91. The maximum atomic E-state index is 10.3. The summed E-state index contributed by atoms with van der Waals surface area (Å²) in [5.41, 5.74) is 1.63. The van der Waals surface area contributed by atoms with Gasteiger partial charge in [-0.15, -0.1) is 0 Å². The van der Waals surface area contributed by atoms with Gasteiger partial charge in [0.1, 0.15) is 11.5 Å². The van der Waals surface area contributed by atoms with Gasteiger partial charge in [0.2, 0.25) is 0 Å². The average Bonchev–Trinajstić information content (AvgIpc) is 2.45. The number of aliphatic carboxylic acids is 1. The third kappa shape index (κ3) is 3.62. The normalized spacial score (nSPS) is 10.6. The van der Waals surface area contributed by atoms with Crippen LogP contribution in [-0.2, 0) is 4.79 Å². The summed E-state index contributed by atoms with van der Waals surface area (Å²) < 4.78 is 5.27. The number of rotatable bonds is 5. The van der Waals surface area contributed by atoms with Gasteiger partial charge in [0, 0.05) is 5.56 Å². The van der Waals surface area contributed by atoms with Gasteiger partial charge in [-0.3, -0.25) is 4.79 Å². The lowest BCUT2D eigenvalue weighted by molar-refractivity contribution is -0.136. The molecule has 2 aromatic rings. The van der Waals surface area contributed by atoms with Crippen LogP contribution in [0.4, 0.5) is 0 Å². The molecule has 20 heavy (non-hydrogen) atoms. The van der Waals surface area contributed by atoms with Crippen molar-refractivity contribution in [3.63, 3.8) is 0 Å². The van der Waals surface area contributed by atoms with E-state index < -0.39 is 5.97 Å². The quantitative estimate of drug-likeness (QED) is 0.817. The van der Waals surface area contributed by atoms with Gasteiger partial charge in [-0.2, -0.15) is 0 Å². The van der Waals surface area contributed by atoms with Crippen LogP contribution in [0.3, 0.4) is 0 Å². The smallest absolute Gasteiger partial charge is 0.307 e. The van der Waals surface area contributed by atoms with E-state index in [1.165, 1.54) is 12.3 Å². The minimum absolute atomic E-state index is 0.0734. The van der Waals surface area contributed by atoms with Gasteiger partial charge >= 0.3 is 5.97 Å². The summed E-state index contributed by atoms with van der Waals surface area (Å²) in [6.45, 7) is 0. The van der Waals surface area contributed by atoms with E-state index in [-0.39, 0.29) is 12.2 Å². The second kappa shape index (κ2) is 6.43. The summed E-state index contributed by atoms with van der Waals surface area (Å²) >= 11 is 0. The minimum atomic E-state index is -0.903. The molecule has 0 saturated heterocycles. The van der Waals surface area contributed by atoms with Gasteiger partial charge in [0.15, 0.2) is 0 Å². The largest absolute Gasteiger partial charge is 0.507 e. The van der Waals surface area contributed by atoms with Crippen molar-refractivity contribution in [1.82, 2.24) is 0 Å². The van der Waals surface area contributed by atoms with Crippen molar-refractivity contribution in [3.05, 3.63) is 60.9 Å². The maximum Gasteiger partial charge on any atom is 0.307 e. The van der Waals surface area contributed by atoms with Crippen molar-refractivity contribution in [2.24, 2.45) is 0 Å². The topological polar surface area (TPSA) is 66.8 Å². The summed E-state index contributed by atoms with van der Waals surface area (Å²) in [6.07, 6.45) is 2.71. The Morgan fingerprint density at radius 3 is 2.45 bits per heavy atom. The molecule has 0 aromatic heterocycles. The Morgan fingerprint density at radius 1 is 1.10 bits per heavy atom. The summed E-state index contributed by atoms with van der Waals surface area (Å²) in [5, 5.41) is 18.2. The molecule has 0 amide bonds. The summed E-state index contributed by atoms with van der Waals surface area (Å²) in [7, 11) is 0. The van der Waals surface area contributed by atoms with Crippen LogP contribution in [0.15, 0.2) is 60.9 Å². The first-order chi connectivity index (χ1) is 9.66. The Labute approximate surface area is 116 Å². The first-order valence-electron chi connectivity index (χ1n) is 6.09. The molecular formula is C16H14O4. The Hall–Kier alpha value is -2.75. The molecule has 0 unspecified atom stereocenters. The third-order valence-corrected chi connectivity index (χ3v) is 2.66. The molecule has 0 aliphatic rings. The number of benzene rings is 2. The van der Waals surface area contributed by atoms with Crippen LogP contribution in [0, 0.1) is 0 Å². The molecule has 2 N–H and O–H groups in total. The zero-order valence-electron chi connectivity index (χ0n) is 10.7. The lowest BCUT2D eigenvalue weighted by Gasteiger charge is -2.05. The fourth-order valence-electron chi connectivity index (χ4n) is 1.71. The van der Waals surface area contributed by atoms with Crippen molar-refractivity contribution < 1.29 is 19.7 Å². The Morgan fingerprint density at radius 2 is 1.80 bits per heavy atom. The van der Waals surface area contributed by atoms with Crippen molar-refractivity contribution in [2.75, 3.05) is 0 Å². The molecule has 0 heterocycles. The number of para-hydroxylation sites is 1. The van der Waals surface area contributed by atoms with Gasteiger partial charge in [-0.1, -0.05) is 30.3 Å². The van der Waals surface area contributed by atoms with Gasteiger partial charge in [-0.25, -0.2) is 0 Å². The van der Waals surface area contributed by atoms with Crippen LogP contribution < -0.4 is 4.74 Å². The number of aromatic hydroxyl groups is 1. The van der Waals surface area contributed by atoms with Gasteiger partial charge in [0.25, 0.3) is 0 Å². The Bertz CT molecular complexity index is 615. The minimum Gasteiger partial charge on any atom is -0.507 e. The van der Waals surface area contributed by atoms with E-state index in [1.54, 1.807) is 24.3 Å². The number of ether oxygens (including phenoxy) is 1. The predicted molar refractivity (Wildman–Crippen MR) is 75.6 cm³/mol. The highest BCUT2D eigenvalue weighted by Gasteiger charge is 2.02. The van der Waals surface area contributed by atoms with Crippen molar-refractivity contribution >= 4 is 5.97 Å². The maximum absolute atomic E-state index is 10.3. The van der Waals surface area contributed by atoms with E-state index in [1.807, 2.05) is 24.3 Å². The van der Waals surface area contributed by atoms with Crippen LogP contribution in [0.2, 0.25) is 0 Å². The first kappa shape index (κ1) is 13.7. The van der Waals surface area contributed by atoms with Crippen LogP contribution in [0.1, 0.15) is 6.42 Å². The monoisotopic (exact) mass is 270 g/mol. The molecule has 0 radical (unpaired) electrons. The second-order valence-corrected chi connectivity index (χ2v) is 4.13.